The number of halogens is 3. The largest absolute Gasteiger partial charge is 0.497 e. The Hall–Kier alpha value is -4.43. The second-order valence-corrected chi connectivity index (χ2v) is 10.2. The zero-order chi connectivity index (χ0) is 28.0. The molecule has 1 saturated heterocycles. The molecule has 2 amide bonds. The SMILES string of the molecule is COc1ccc(Oc2ccc(F)cc2[C@H]2NC(=O)C[C@@H](c3cccc(Cl)c3)[C@]23C(=O)Nc2cc(F)ccc23)cc1. The van der Waals surface area contributed by atoms with Crippen LogP contribution >= 0.6 is 11.6 Å². The van der Waals surface area contributed by atoms with Crippen LogP contribution < -0.4 is 20.1 Å². The van der Waals surface area contributed by atoms with Crippen LogP contribution in [0.15, 0.2) is 84.9 Å². The molecule has 0 saturated carbocycles. The molecule has 3 atom stereocenters. The van der Waals surface area contributed by atoms with Gasteiger partial charge in [-0.05, 0) is 77.9 Å². The van der Waals surface area contributed by atoms with Crippen LogP contribution in [0, 0.1) is 11.6 Å². The van der Waals surface area contributed by atoms with Crippen LogP contribution in [0.1, 0.15) is 35.1 Å². The normalized spacial score (nSPS) is 21.5. The molecule has 6 rings (SSSR count). The number of carbonyl (C=O) groups excluding carboxylic acids is 2. The van der Waals surface area contributed by atoms with Gasteiger partial charge in [-0.2, -0.15) is 0 Å². The Morgan fingerprint density at radius 1 is 0.900 bits per heavy atom. The van der Waals surface area contributed by atoms with E-state index in [0.29, 0.717) is 27.6 Å². The van der Waals surface area contributed by atoms with Crippen molar-refractivity contribution < 1.29 is 27.8 Å². The van der Waals surface area contributed by atoms with Crippen LogP contribution in [-0.2, 0) is 15.0 Å². The summed E-state index contributed by atoms with van der Waals surface area (Å²) < 4.78 is 40.6. The highest BCUT2D eigenvalue weighted by molar-refractivity contribution is 6.30. The van der Waals surface area contributed by atoms with E-state index >= 15 is 0 Å². The van der Waals surface area contributed by atoms with Crippen LogP contribution in [0.5, 0.6) is 17.2 Å². The molecule has 2 N–H and O–H groups in total. The lowest BCUT2D eigenvalue weighted by atomic mass is 9.59. The Kier molecular flexibility index (Phi) is 6.43. The molecule has 0 aromatic heterocycles. The van der Waals surface area contributed by atoms with Crippen molar-refractivity contribution in [1.82, 2.24) is 5.32 Å². The molecule has 1 fully saturated rings. The van der Waals surface area contributed by atoms with Crippen molar-refractivity contribution in [1.29, 1.82) is 0 Å². The Balaban J connectivity index is 1.58. The van der Waals surface area contributed by atoms with E-state index in [2.05, 4.69) is 10.6 Å². The van der Waals surface area contributed by atoms with Crippen LogP contribution in [0.2, 0.25) is 5.02 Å². The van der Waals surface area contributed by atoms with Crippen molar-refractivity contribution in [2.45, 2.75) is 23.8 Å². The van der Waals surface area contributed by atoms with Gasteiger partial charge in [-0.15, -0.1) is 0 Å². The molecular weight excluding hydrogens is 538 g/mol. The first-order valence-corrected chi connectivity index (χ1v) is 12.9. The molecule has 0 unspecified atom stereocenters. The summed E-state index contributed by atoms with van der Waals surface area (Å²) in [6.45, 7) is 0. The summed E-state index contributed by atoms with van der Waals surface area (Å²) >= 11 is 6.34. The number of hydrogen-bond acceptors (Lipinski definition) is 4. The number of piperidine rings is 1. The molecule has 40 heavy (non-hydrogen) atoms. The molecule has 2 aliphatic heterocycles. The van der Waals surface area contributed by atoms with Gasteiger partial charge in [-0.25, -0.2) is 8.78 Å². The van der Waals surface area contributed by atoms with E-state index in [1.807, 2.05) is 0 Å². The topological polar surface area (TPSA) is 76.7 Å². The molecular formula is C31H23ClF2N2O4. The second kappa shape index (κ2) is 9.95. The van der Waals surface area contributed by atoms with Crippen LogP contribution in [0.25, 0.3) is 0 Å². The molecule has 9 heteroatoms. The van der Waals surface area contributed by atoms with Crippen molar-refractivity contribution in [2.75, 3.05) is 12.4 Å². The smallest absolute Gasteiger partial charge is 0.238 e. The summed E-state index contributed by atoms with van der Waals surface area (Å²) in [4.78, 5) is 27.4. The van der Waals surface area contributed by atoms with Gasteiger partial charge in [0.2, 0.25) is 11.8 Å². The fourth-order valence-electron chi connectivity index (χ4n) is 5.88. The van der Waals surface area contributed by atoms with Crippen molar-refractivity contribution in [2.24, 2.45) is 0 Å². The van der Waals surface area contributed by atoms with E-state index in [0.717, 1.165) is 0 Å². The average Bonchev–Trinajstić information content (AvgIpc) is 3.22. The zero-order valence-electron chi connectivity index (χ0n) is 21.2. The quantitative estimate of drug-likeness (QED) is 0.286. The first kappa shape index (κ1) is 25.8. The van der Waals surface area contributed by atoms with E-state index in [1.54, 1.807) is 55.6 Å². The molecule has 0 radical (unpaired) electrons. The van der Waals surface area contributed by atoms with Gasteiger partial charge < -0.3 is 20.1 Å². The summed E-state index contributed by atoms with van der Waals surface area (Å²) in [6, 6.07) is 20.7. The van der Waals surface area contributed by atoms with E-state index in [1.165, 1.54) is 36.4 Å². The number of carbonyl (C=O) groups is 2. The lowest BCUT2D eigenvalue weighted by molar-refractivity contribution is -0.131. The van der Waals surface area contributed by atoms with E-state index in [4.69, 9.17) is 21.1 Å². The number of anilines is 1. The fourth-order valence-corrected chi connectivity index (χ4v) is 6.08. The Bertz CT molecular complexity index is 1650. The van der Waals surface area contributed by atoms with Crippen molar-refractivity contribution in [3.05, 3.63) is 118 Å². The standard InChI is InChI=1S/C31H23ClF2N2O4/c1-39-21-7-9-22(10-8-21)40-27-12-6-19(33)14-23(27)29-31(24-11-5-20(34)15-26(24)35-30(31)38)25(16-28(37)36-29)17-3-2-4-18(32)13-17/h2-15,25,29H,16H2,1H3,(H,35,38)(H,36,37)/t25-,29+,31-/m0/s1. The Morgan fingerprint density at radius 2 is 1.62 bits per heavy atom. The molecule has 4 aromatic carbocycles. The summed E-state index contributed by atoms with van der Waals surface area (Å²) in [7, 11) is 1.55. The second-order valence-electron chi connectivity index (χ2n) is 9.79. The minimum atomic E-state index is -1.48. The molecule has 202 valence electrons. The molecule has 1 spiro atoms. The number of nitrogens with one attached hydrogen (secondary N) is 2. The molecule has 0 bridgehead atoms. The monoisotopic (exact) mass is 560 g/mol. The van der Waals surface area contributed by atoms with Gasteiger partial charge in [-0.1, -0.05) is 29.8 Å². The fraction of sp³-hybridized carbons (Fsp3) is 0.161. The molecule has 2 heterocycles. The van der Waals surface area contributed by atoms with Crippen molar-refractivity contribution in [3.63, 3.8) is 0 Å². The maximum absolute atomic E-state index is 14.9. The third kappa shape index (κ3) is 4.25. The Labute approximate surface area is 233 Å². The van der Waals surface area contributed by atoms with Crippen molar-refractivity contribution in [3.8, 4) is 17.2 Å². The number of amides is 2. The number of rotatable bonds is 5. The lowest BCUT2D eigenvalue weighted by Gasteiger charge is -2.46. The first-order valence-electron chi connectivity index (χ1n) is 12.6. The summed E-state index contributed by atoms with van der Waals surface area (Å²) in [5.41, 5.74) is 0.186. The number of ether oxygens (including phenoxy) is 2. The van der Waals surface area contributed by atoms with E-state index < -0.39 is 34.9 Å². The van der Waals surface area contributed by atoms with Gasteiger partial charge in [0.1, 0.15) is 34.3 Å². The third-order valence-electron chi connectivity index (χ3n) is 7.57. The Morgan fingerprint density at radius 3 is 2.38 bits per heavy atom. The minimum absolute atomic E-state index is 0.0505. The minimum Gasteiger partial charge on any atom is -0.497 e. The van der Waals surface area contributed by atoms with Gasteiger partial charge in [0.25, 0.3) is 0 Å². The highest BCUT2D eigenvalue weighted by Crippen LogP contribution is 2.58. The number of hydrogen-bond donors (Lipinski definition) is 2. The van der Waals surface area contributed by atoms with Gasteiger partial charge in [0.15, 0.2) is 0 Å². The lowest BCUT2D eigenvalue weighted by Crippen LogP contribution is -2.56. The van der Waals surface area contributed by atoms with Gasteiger partial charge in [0, 0.05) is 28.6 Å². The van der Waals surface area contributed by atoms with Crippen LogP contribution in [-0.4, -0.2) is 18.9 Å². The van der Waals surface area contributed by atoms with Crippen LogP contribution in [0.4, 0.5) is 14.5 Å². The summed E-state index contributed by atoms with van der Waals surface area (Å²) in [5, 5.41) is 6.19. The average molecular weight is 561 g/mol. The molecule has 0 aliphatic carbocycles. The maximum atomic E-state index is 14.9. The first-order chi connectivity index (χ1) is 19.3. The maximum Gasteiger partial charge on any atom is 0.238 e. The zero-order valence-corrected chi connectivity index (χ0v) is 22.0. The molecule has 2 aliphatic rings. The highest BCUT2D eigenvalue weighted by Gasteiger charge is 2.61. The third-order valence-corrected chi connectivity index (χ3v) is 7.81. The number of benzene rings is 4. The predicted octanol–water partition coefficient (Wildman–Crippen LogP) is 6.65. The molecule has 4 aromatic rings. The van der Waals surface area contributed by atoms with Gasteiger partial charge in [-0.3, -0.25) is 9.59 Å². The van der Waals surface area contributed by atoms with Crippen molar-refractivity contribution >= 4 is 29.1 Å². The number of methoxy groups -OCH3 is 1. The molecule has 6 nitrogen and oxygen atoms in total. The van der Waals surface area contributed by atoms with E-state index in [9.17, 15) is 18.4 Å². The summed E-state index contributed by atoms with van der Waals surface area (Å²) in [6.07, 6.45) is -0.0505. The van der Waals surface area contributed by atoms with Crippen LogP contribution in [0.3, 0.4) is 0 Å². The van der Waals surface area contributed by atoms with E-state index in [-0.39, 0.29) is 29.3 Å². The van der Waals surface area contributed by atoms with Gasteiger partial charge >= 0.3 is 0 Å². The summed E-state index contributed by atoms with van der Waals surface area (Å²) in [5.74, 6) is -1.31. The van der Waals surface area contributed by atoms with Gasteiger partial charge in [0.05, 0.1) is 13.2 Å². The highest BCUT2D eigenvalue weighted by atomic mass is 35.5. The number of fused-ring (bicyclic) bond motifs is 2. The predicted molar refractivity (Wildman–Crippen MR) is 146 cm³/mol.